The van der Waals surface area contributed by atoms with Gasteiger partial charge in [-0.3, -0.25) is 19.9 Å². The SMILES string of the molecule is Brc1cccc(B2c3ccccc3N(c3ccccc3)c3ccc(-c4ccccn4)cc32)c1.OB(O)c1ccccn1.c1ccc(N2c3ccccc3B(c3cccc(-c4ccccn4)c3)c3cc(-c4ccccn4)ccc32)cc1. The van der Waals surface area contributed by atoms with Crippen LogP contribution in [-0.4, -0.2) is 50.5 Å². The average Bonchev–Trinajstić information content (AvgIpc) is 3.66. The van der Waals surface area contributed by atoms with Crippen LogP contribution in [-0.2, 0) is 0 Å². The number of nitrogens with zero attached hydrogens (tertiary/aromatic N) is 6. The van der Waals surface area contributed by atoms with Crippen molar-refractivity contribution in [2.75, 3.05) is 9.80 Å². The zero-order valence-electron chi connectivity index (χ0n) is 43.4. The zero-order chi connectivity index (χ0) is 54.2. The fourth-order valence-electron chi connectivity index (χ4n) is 10.9. The number of hydrogen-bond donors (Lipinski definition) is 2. The first-order chi connectivity index (χ1) is 39.5. The van der Waals surface area contributed by atoms with Gasteiger partial charge in [0.15, 0.2) is 0 Å². The smallest absolute Gasteiger partial charge is 0.422 e. The van der Waals surface area contributed by atoms with Crippen LogP contribution < -0.4 is 48.2 Å². The van der Waals surface area contributed by atoms with Crippen LogP contribution in [0.4, 0.5) is 34.1 Å². The van der Waals surface area contributed by atoms with E-state index in [1.807, 2.05) is 55.0 Å². The summed E-state index contributed by atoms with van der Waals surface area (Å²) in [4.78, 5) is 22.3. The molecule has 0 unspecified atom stereocenters. The quantitative estimate of drug-likeness (QED) is 0.145. The molecule has 0 aliphatic carbocycles. The van der Waals surface area contributed by atoms with Crippen LogP contribution in [0.2, 0.25) is 0 Å². The molecule has 12 aromatic rings. The van der Waals surface area contributed by atoms with E-state index in [-0.39, 0.29) is 19.0 Å². The van der Waals surface area contributed by atoms with E-state index in [2.05, 4.69) is 258 Å². The molecule has 2 aliphatic heterocycles. The van der Waals surface area contributed by atoms with E-state index < -0.39 is 7.12 Å². The third-order valence-corrected chi connectivity index (χ3v) is 14.9. The van der Waals surface area contributed by atoms with Gasteiger partial charge in [0, 0.05) is 63.4 Å². The molecule has 8 aromatic carbocycles. The van der Waals surface area contributed by atoms with E-state index in [4.69, 9.17) is 10.0 Å². The van der Waals surface area contributed by atoms with Crippen LogP contribution in [0, 0.1) is 0 Å². The number of pyridine rings is 4. The van der Waals surface area contributed by atoms with Crippen LogP contribution >= 0.6 is 15.9 Å². The lowest BCUT2D eigenvalue weighted by atomic mass is 9.35. The van der Waals surface area contributed by atoms with Crippen molar-refractivity contribution in [1.29, 1.82) is 0 Å². The molecule has 0 saturated carbocycles. The standard InChI is InChI=1S/C34H24BN3.C29H20BBrN2.C5H6BNO2/c1-2-13-28(14-3-1)38-33-18-5-4-15-29(33)35(27-12-10-11-25(23-27)31-16-6-8-21-36-31)30-24-26(19-20-34(30)38)32-17-7-9-22-37-32;31-23-10-8-9-22(20-23)30-25-13-4-5-15-28(25)33(24-11-2-1-3-12-24)29-17-16-21(19-26(29)30)27-14-6-7-18-32-27;8-6(9)5-3-1-2-4-7-5/h1-24H;1-20H;1-4,8-9H. The molecule has 14 rings (SSSR count). The summed E-state index contributed by atoms with van der Waals surface area (Å²) in [6, 6.07) is 92.9. The normalized spacial score (nSPS) is 11.8. The van der Waals surface area contributed by atoms with E-state index in [1.54, 1.807) is 18.2 Å². The Morgan fingerprint density at radius 2 is 0.725 bits per heavy atom. The molecule has 0 atom stereocenters. The lowest BCUT2D eigenvalue weighted by molar-refractivity contribution is 0.424. The molecule has 380 valence electrons. The van der Waals surface area contributed by atoms with Crippen molar-refractivity contribution in [1.82, 2.24) is 19.9 Å². The number of halogens is 1. The molecule has 12 heteroatoms. The highest BCUT2D eigenvalue weighted by Gasteiger charge is 2.37. The molecule has 80 heavy (non-hydrogen) atoms. The Bertz CT molecular complexity index is 4040. The van der Waals surface area contributed by atoms with Crippen molar-refractivity contribution in [3.63, 3.8) is 0 Å². The van der Waals surface area contributed by atoms with Gasteiger partial charge in [-0.05, 0) is 142 Å². The van der Waals surface area contributed by atoms with Gasteiger partial charge in [0.25, 0.3) is 0 Å². The van der Waals surface area contributed by atoms with Crippen molar-refractivity contribution >= 4 is 109 Å². The first kappa shape index (κ1) is 51.3. The fourth-order valence-corrected chi connectivity index (χ4v) is 11.3. The molecule has 0 fully saturated rings. The maximum absolute atomic E-state index is 8.52. The molecule has 4 aromatic heterocycles. The van der Waals surface area contributed by atoms with Crippen molar-refractivity contribution in [2.45, 2.75) is 0 Å². The van der Waals surface area contributed by atoms with Gasteiger partial charge in [-0.2, -0.15) is 0 Å². The Morgan fingerprint density at radius 1 is 0.325 bits per heavy atom. The third kappa shape index (κ3) is 10.8. The maximum Gasteiger partial charge on any atom is 0.508 e. The average molecular weight is 1100 g/mol. The highest BCUT2D eigenvalue weighted by atomic mass is 79.9. The minimum Gasteiger partial charge on any atom is -0.422 e. The van der Waals surface area contributed by atoms with Crippen molar-refractivity contribution < 1.29 is 10.0 Å². The summed E-state index contributed by atoms with van der Waals surface area (Å²) in [5.41, 5.74) is 21.3. The second-order valence-corrected chi connectivity index (χ2v) is 20.2. The topological polar surface area (TPSA) is 98.5 Å². The highest BCUT2D eigenvalue weighted by molar-refractivity contribution is 9.10. The summed E-state index contributed by atoms with van der Waals surface area (Å²) in [6.45, 7) is 0.186. The second-order valence-electron chi connectivity index (χ2n) is 19.3. The summed E-state index contributed by atoms with van der Waals surface area (Å²) >= 11 is 3.69. The van der Waals surface area contributed by atoms with Gasteiger partial charge in [-0.15, -0.1) is 0 Å². The maximum atomic E-state index is 8.52. The minimum atomic E-state index is -1.45. The minimum absolute atomic E-state index is 0.0634. The first-order valence-corrected chi connectivity index (χ1v) is 27.3. The Labute approximate surface area is 475 Å². The van der Waals surface area contributed by atoms with E-state index in [9.17, 15) is 0 Å². The van der Waals surface area contributed by atoms with Crippen molar-refractivity contribution in [3.05, 3.63) is 296 Å². The number of hydrogen-bond acceptors (Lipinski definition) is 8. The van der Waals surface area contributed by atoms with Crippen LogP contribution in [0.3, 0.4) is 0 Å². The van der Waals surface area contributed by atoms with Gasteiger partial charge >= 0.3 is 7.12 Å². The fraction of sp³-hybridized carbons (Fsp3) is 0. The molecule has 0 radical (unpaired) electrons. The van der Waals surface area contributed by atoms with E-state index in [0.717, 1.165) is 49.6 Å². The number of rotatable bonds is 8. The number of aromatic nitrogens is 4. The lowest BCUT2D eigenvalue weighted by Gasteiger charge is -2.37. The second kappa shape index (κ2) is 23.7. The third-order valence-electron chi connectivity index (χ3n) is 14.4. The Morgan fingerprint density at radius 3 is 1.15 bits per heavy atom. The Balaban J connectivity index is 0.000000139. The van der Waals surface area contributed by atoms with Gasteiger partial charge in [0.05, 0.1) is 22.7 Å². The molecule has 0 amide bonds. The monoisotopic (exact) mass is 1090 g/mol. The van der Waals surface area contributed by atoms with Crippen molar-refractivity contribution in [2.24, 2.45) is 0 Å². The summed E-state index contributed by atoms with van der Waals surface area (Å²) < 4.78 is 1.09. The van der Waals surface area contributed by atoms with Crippen LogP contribution in [0.5, 0.6) is 0 Å². The molecule has 6 heterocycles. The van der Waals surface area contributed by atoms with Gasteiger partial charge in [-0.25, -0.2) is 0 Å². The Hall–Kier alpha value is -9.45. The molecule has 8 nitrogen and oxygen atoms in total. The lowest BCUT2D eigenvalue weighted by Crippen LogP contribution is -2.57. The summed E-state index contributed by atoms with van der Waals surface area (Å²) in [5, 5.41) is 17.0. The number of anilines is 6. The predicted octanol–water partition coefficient (Wildman–Crippen LogP) is 10.7. The van der Waals surface area contributed by atoms with Gasteiger partial charge in [-0.1, -0.05) is 191 Å². The largest absolute Gasteiger partial charge is 0.508 e. The summed E-state index contributed by atoms with van der Waals surface area (Å²) in [5.74, 6) is 0. The molecule has 0 bridgehead atoms. The summed E-state index contributed by atoms with van der Waals surface area (Å²) in [6.07, 6.45) is 7.07. The van der Waals surface area contributed by atoms with E-state index in [0.29, 0.717) is 0 Å². The van der Waals surface area contributed by atoms with Gasteiger partial charge in [0.2, 0.25) is 13.4 Å². The van der Waals surface area contributed by atoms with Gasteiger partial charge < -0.3 is 19.8 Å². The van der Waals surface area contributed by atoms with E-state index >= 15 is 0 Å². The van der Waals surface area contributed by atoms with Gasteiger partial charge in [0.1, 0.15) is 0 Å². The zero-order valence-corrected chi connectivity index (χ0v) is 45.0. The molecule has 0 saturated heterocycles. The molecule has 2 aliphatic rings. The molecule has 2 N–H and O–H groups in total. The number of para-hydroxylation sites is 4. The van der Waals surface area contributed by atoms with Crippen LogP contribution in [0.25, 0.3) is 33.8 Å². The van der Waals surface area contributed by atoms with Crippen LogP contribution in [0.1, 0.15) is 0 Å². The first-order valence-electron chi connectivity index (χ1n) is 26.5. The summed E-state index contributed by atoms with van der Waals surface area (Å²) in [7, 11) is -1.45. The Kier molecular flexibility index (Phi) is 15.2. The highest BCUT2D eigenvalue weighted by Crippen LogP contribution is 2.39. The number of fused-ring (bicyclic) bond motifs is 4. The van der Waals surface area contributed by atoms with Crippen LogP contribution in [0.15, 0.2) is 296 Å². The number of benzene rings is 8. The molecular weight excluding hydrogens is 1050 g/mol. The molecule has 0 spiro atoms. The molecular formula is C68H50B3BrN6O2. The van der Waals surface area contributed by atoms with Crippen molar-refractivity contribution in [3.8, 4) is 33.8 Å². The van der Waals surface area contributed by atoms with E-state index in [1.165, 1.54) is 61.7 Å². The predicted molar refractivity (Wildman–Crippen MR) is 336 cm³/mol.